The number of halogens is 1. The van der Waals surface area contributed by atoms with Gasteiger partial charge in [0.05, 0.1) is 5.75 Å². The monoisotopic (exact) mass is 161 g/mol. The summed E-state index contributed by atoms with van der Waals surface area (Å²) in [6.07, 6.45) is -1.79. The minimum Gasteiger partial charge on any atom is -0.329 e. The van der Waals surface area contributed by atoms with Gasteiger partial charge in [0.2, 0.25) is 0 Å². The molecule has 0 atom stereocenters. The summed E-state index contributed by atoms with van der Waals surface area (Å²) in [5.74, 6) is -0.273. The van der Waals surface area contributed by atoms with E-state index < -0.39 is 16.0 Å². The third-order valence-electron chi connectivity index (χ3n) is 0.402. The number of rotatable bonds is 2. The fraction of sp³-hybridized carbons (Fsp3) is 1.00. The van der Waals surface area contributed by atoms with Crippen LogP contribution in [-0.4, -0.2) is 26.9 Å². The van der Waals surface area contributed by atoms with E-state index in [1.807, 2.05) is 0 Å². The fourth-order valence-corrected chi connectivity index (χ4v) is 0.493. The maximum atomic E-state index is 10.5. The van der Waals surface area contributed by atoms with Gasteiger partial charge < -0.3 is 5.73 Å². The number of hydrogen-bond donors (Lipinski definition) is 1. The smallest absolute Gasteiger partial charge is 0.148 e. The second kappa shape index (κ2) is 4.12. The molecule has 0 heterocycles. The van der Waals surface area contributed by atoms with Crippen molar-refractivity contribution in [2.24, 2.45) is 5.73 Å². The number of hydrogen-bond acceptors (Lipinski definition) is 3. The second-order valence-corrected chi connectivity index (χ2v) is 2.89. The van der Waals surface area contributed by atoms with E-state index in [9.17, 15) is 8.42 Å². The summed E-state index contributed by atoms with van der Waals surface area (Å²) in [4.78, 5) is 0. The molecule has 0 rings (SSSR count). The first-order valence-corrected chi connectivity index (χ1v) is 3.48. The molecule has 0 radical (unpaired) electrons. The van der Waals surface area contributed by atoms with Gasteiger partial charge in [-0.15, -0.1) is 12.4 Å². The molecule has 0 saturated carbocycles. The van der Waals surface area contributed by atoms with Crippen LogP contribution in [0.5, 0.6) is 0 Å². The predicted molar refractivity (Wildman–Crippen MR) is 36.0 cm³/mol. The zero-order valence-electron chi connectivity index (χ0n) is 6.20. The summed E-state index contributed by atoms with van der Waals surface area (Å²) >= 11 is 0. The van der Waals surface area contributed by atoms with Crippen LogP contribution in [0.15, 0.2) is 0 Å². The van der Waals surface area contributed by atoms with E-state index in [1.54, 1.807) is 0 Å². The zero-order chi connectivity index (χ0) is 7.49. The quantitative estimate of drug-likeness (QED) is 0.589. The van der Waals surface area contributed by atoms with Crippen LogP contribution in [0.3, 0.4) is 0 Å². The summed E-state index contributed by atoms with van der Waals surface area (Å²) in [6, 6.07) is 0. The van der Waals surface area contributed by atoms with Gasteiger partial charge >= 0.3 is 0 Å². The summed E-state index contributed by atoms with van der Waals surface area (Å²) < 4.78 is 34.0. The van der Waals surface area contributed by atoms with Gasteiger partial charge in [-0.05, 0) is 0 Å². The Kier molecular flexibility index (Phi) is 3.25. The minimum atomic E-state index is -3.54. The van der Waals surface area contributed by atoms with Gasteiger partial charge in [-0.1, -0.05) is 0 Å². The molecule has 3 nitrogen and oxygen atoms in total. The van der Waals surface area contributed by atoms with Crippen LogP contribution in [-0.2, 0) is 9.84 Å². The van der Waals surface area contributed by atoms with E-state index in [0.717, 1.165) is 0 Å². The van der Waals surface area contributed by atoms with E-state index in [1.165, 1.54) is 0 Å². The Bertz CT molecular complexity index is 169. The highest BCUT2D eigenvalue weighted by Gasteiger charge is 1.95. The molecule has 0 aliphatic heterocycles. The van der Waals surface area contributed by atoms with Crippen molar-refractivity contribution < 1.29 is 11.2 Å². The maximum absolute atomic E-state index is 10.5. The molecule has 0 bridgehead atoms. The van der Waals surface area contributed by atoms with Crippen molar-refractivity contribution in [3.05, 3.63) is 0 Å². The van der Waals surface area contributed by atoms with E-state index in [2.05, 4.69) is 0 Å². The van der Waals surface area contributed by atoms with Crippen molar-refractivity contribution in [3.8, 4) is 0 Å². The van der Waals surface area contributed by atoms with Gasteiger partial charge in [-0.3, -0.25) is 0 Å². The molecular weight excluding hydrogens is 150 g/mol. The molecule has 0 aromatic carbocycles. The lowest BCUT2D eigenvalue weighted by atomic mass is 10.8. The van der Waals surface area contributed by atoms with Gasteiger partial charge in [0.1, 0.15) is 9.84 Å². The summed E-state index contributed by atoms with van der Waals surface area (Å²) in [5, 5.41) is 0. The van der Waals surface area contributed by atoms with E-state index >= 15 is 0 Å². The Labute approximate surface area is 58.4 Å². The molecule has 0 saturated heterocycles. The molecule has 0 unspecified atom stereocenters. The summed E-state index contributed by atoms with van der Waals surface area (Å²) in [5.41, 5.74) is 4.91. The van der Waals surface area contributed by atoms with Crippen LogP contribution in [0.2, 0.25) is 0 Å². The molecule has 8 heavy (non-hydrogen) atoms. The lowest BCUT2D eigenvalue weighted by molar-refractivity contribution is 0.601. The normalized spacial score (nSPS) is 14.2. The maximum Gasteiger partial charge on any atom is 0.148 e. The Morgan fingerprint density at radius 1 is 1.75 bits per heavy atom. The molecule has 5 heteroatoms. The van der Waals surface area contributed by atoms with Crippen molar-refractivity contribution in [1.29, 1.82) is 0 Å². The van der Waals surface area contributed by atoms with Crippen molar-refractivity contribution in [2.45, 2.75) is 0 Å². The van der Waals surface area contributed by atoms with Gasteiger partial charge in [0.15, 0.2) is 0 Å². The molecule has 0 amide bonds. The SMILES string of the molecule is Cl.[2H]C([2H])S(=O)(=O)CCN. The molecular formula is C3H10ClNO2S. The van der Waals surface area contributed by atoms with Crippen molar-refractivity contribution >= 4 is 22.2 Å². The van der Waals surface area contributed by atoms with Gasteiger partial charge in [0, 0.05) is 15.5 Å². The molecule has 0 spiro atoms. The largest absolute Gasteiger partial charge is 0.329 e. The van der Waals surface area contributed by atoms with Crippen LogP contribution in [0.25, 0.3) is 0 Å². The molecule has 52 valence electrons. The molecule has 0 aromatic rings. The van der Waals surface area contributed by atoms with Crippen LogP contribution >= 0.6 is 12.4 Å². The minimum absolute atomic E-state index is 0. The van der Waals surface area contributed by atoms with E-state index in [4.69, 9.17) is 8.48 Å². The lowest BCUT2D eigenvalue weighted by Crippen LogP contribution is -2.13. The average Bonchev–Trinajstić information content (AvgIpc) is 1.65. The Balaban J connectivity index is 0. The standard InChI is InChI=1S/C3H9NO2S.ClH/c1-7(5,6)3-2-4;/h2-4H2,1H3;1H/i1D2;. The van der Waals surface area contributed by atoms with Crippen molar-refractivity contribution in [2.75, 3.05) is 18.5 Å². The highest BCUT2D eigenvalue weighted by atomic mass is 35.5. The second-order valence-electron chi connectivity index (χ2n) is 1.16. The van der Waals surface area contributed by atoms with Crippen LogP contribution in [0.4, 0.5) is 0 Å². The molecule has 0 fully saturated rings. The van der Waals surface area contributed by atoms with E-state index in [-0.39, 0.29) is 24.7 Å². The lowest BCUT2D eigenvalue weighted by Gasteiger charge is -1.87. The fourth-order valence-electron chi connectivity index (χ4n) is 0.164. The average molecular weight is 162 g/mol. The molecule has 0 aromatic heterocycles. The van der Waals surface area contributed by atoms with Crippen LogP contribution in [0.1, 0.15) is 2.74 Å². The molecule has 0 aliphatic carbocycles. The number of sulfone groups is 1. The zero-order valence-corrected chi connectivity index (χ0v) is 5.83. The summed E-state index contributed by atoms with van der Waals surface area (Å²) in [6.45, 7) is -0.0173. The van der Waals surface area contributed by atoms with Crippen LogP contribution in [0, 0.1) is 0 Å². The van der Waals surface area contributed by atoms with Gasteiger partial charge in [-0.2, -0.15) is 0 Å². The van der Waals surface area contributed by atoms with Crippen molar-refractivity contribution in [3.63, 3.8) is 0 Å². The molecule has 2 N–H and O–H groups in total. The van der Waals surface area contributed by atoms with Crippen LogP contribution < -0.4 is 5.73 Å². The van der Waals surface area contributed by atoms with E-state index in [0.29, 0.717) is 0 Å². The Hall–Kier alpha value is 0.200. The highest BCUT2D eigenvalue weighted by molar-refractivity contribution is 7.90. The Morgan fingerprint density at radius 3 is 2.38 bits per heavy atom. The third kappa shape index (κ3) is 9.50. The van der Waals surface area contributed by atoms with Gasteiger partial charge in [0.25, 0.3) is 0 Å². The van der Waals surface area contributed by atoms with Gasteiger partial charge in [-0.25, -0.2) is 8.42 Å². The number of nitrogens with two attached hydrogens (primary N) is 1. The third-order valence-corrected chi connectivity index (χ3v) is 1.21. The first-order chi connectivity index (χ1) is 4.00. The van der Waals surface area contributed by atoms with Crippen molar-refractivity contribution in [1.82, 2.24) is 0 Å². The predicted octanol–water partition coefficient (Wildman–Crippen LogP) is -0.589. The topological polar surface area (TPSA) is 60.2 Å². The molecule has 0 aliphatic rings. The highest BCUT2D eigenvalue weighted by Crippen LogP contribution is 1.75. The Morgan fingerprint density at radius 2 is 2.25 bits per heavy atom. The summed E-state index contributed by atoms with van der Waals surface area (Å²) in [7, 11) is -3.54. The first-order valence-electron chi connectivity index (χ1n) is 2.92. The first kappa shape index (κ1) is 6.32.